The summed E-state index contributed by atoms with van der Waals surface area (Å²) in [7, 11) is 0. The number of allylic oxidation sites excluding steroid dienone is 2. The zero-order chi connectivity index (χ0) is 24.3. The van der Waals surface area contributed by atoms with Gasteiger partial charge in [0, 0.05) is 13.1 Å². The topological polar surface area (TPSA) is 3.24 Å². The van der Waals surface area contributed by atoms with Crippen LogP contribution in [0.15, 0.2) is 54.3 Å². The van der Waals surface area contributed by atoms with E-state index in [1.165, 1.54) is 120 Å². The molecule has 1 aromatic rings. The van der Waals surface area contributed by atoms with Gasteiger partial charge in [0.1, 0.15) is 0 Å². The number of hydrogen-bond acceptors (Lipinski definition) is 1. The van der Waals surface area contributed by atoms with Crippen LogP contribution in [0.2, 0.25) is 0 Å². The third-order valence-corrected chi connectivity index (χ3v) is 9.86. The fourth-order valence-electron chi connectivity index (χ4n) is 4.75. The number of halogens is 2. The second kappa shape index (κ2) is 19.6. The molecule has 1 aliphatic rings. The molecule has 0 aromatic heterocycles. The van der Waals surface area contributed by atoms with Crippen molar-refractivity contribution in [3.8, 4) is 0 Å². The van der Waals surface area contributed by atoms with E-state index in [4.69, 9.17) is 0 Å². The summed E-state index contributed by atoms with van der Waals surface area (Å²) in [4.78, 5) is 3.04. The molecule has 0 saturated heterocycles. The number of benzene rings is 1. The lowest BCUT2D eigenvalue weighted by Crippen LogP contribution is -2.23. The quantitative estimate of drug-likeness (QED) is 0.107. The minimum Gasteiger partial charge on any atom is -0.374 e. The van der Waals surface area contributed by atoms with Gasteiger partial charge in [-0.2, -0.15) is 0 Å². The molecule has 2 rings (SSSR count). The van der Waals surface area contributed by atoms with Crippen molar-refractivity contribution >= 4 is 31.9 Å². The Bertz CT molecular complexity index is 669. The van der Waals surface area contributed by atoms with Crippen LogP contribution < -0.4 is 0 Å². The maximum atomic E-state index is 3.90. The molecule has 1 heterocycles. The highest BCUT2D eigenvalue weighted by molar-refractivity contribution is 9.12. The summed E-state index contributed by atoms with van der Waals surface area (Å²) in [5, 5.41) is 0. The summed E-state index contributed by atoms with van der Waals surface area (Å²) in [6.45, 7) is 4.51. The third-order valence-electron chi connectivity index (χ3n) is 7.03. The van der Waals surface area contributed by atoms with E-state index in [0.717, 1.165) is 6.54 Å². The number of hydrogen-bond donors (Lipinski definition) is 0. The van der Waals surface area contributed by atoms with E-state index >= 15 is 0 Å². The molecule has 2 atom stereocenters. The molecular formula is C31H49Br2N. The Hall–Kier alpha value is -0.540. The van der Waals surface area contributed by atoms with Gasteiger partial charge < -0.3 is 4.90 Å². The summed E-state index contributed by atoms with van der Waals surface area (Å²) >= 11 is 7.77. The maximum Gasteiger partial charge on any atom is 0.0561 e. The average Bonchev–Trinajstić information content (AvgIpc) is 2.88. The molecular weight excluding hydrogens is 546 g/mol. The Morgan fingerprint density at radius 3 is 1.65 bits per heavy atom. The van der Waals surface area contributed by atoms with Crippen LogP contribution in [0.5, 0.6) is 0 Å². The smallest absolute Gasteiger partial charge is 0.0561 e. The van der Waals surface area contributed by atoms with Gasteiger partial charge in [0.2, 0.25) is 0 Å². The molecule has 1 nitrogen and oxygen atoms in total. The molecule has 0 amide bonds. The molecule has 1 aliphatic heterocycles. The van der Waals surface area contributed by atoms with Crippen LogP contribution in [-0.4, -0.2) is 22.8 Å². The molecule has 3 heteroatoms. The van der Waals surface area contributed by atoms with Crippen molar-refractivity contribution in [3.05, 3.63) is 59.8 Å². The SMILES string of the molecule is CCCCCCCCCCCCCCCCCCN1C=CC(C(Br)C(Br)c2ccccc2)=CC1. The van der Waals surface area contributed by atoms with Gasteiger partial charge >= 0.3 is 0 Å². The highest BCUT2D eigenvalue weighted by atomic mass is 79.9. The molecule has 0 fully saturated rings. The maximum absolute atomic E-state index is 3.90. The third kappa shape index (κ3) is 13.0. The summed E-state index contributed by atoms with van der Waals surface area (Å²) < 4.78 is 0. The largest absolute Gasteiger partial charge is 0.374 e. The molecule has 0 bridgehead atoms. The van der Waals surface area contributed by atoms with Crippen molar-refractivity contribution in [2.75, 3.05) is 13.1 Å². The van der Waals surface area contributed by atoms with E-state index < -0.39 is 0 Å². The summed E-state index contributed by atoms with van der Waals surface area (Å²) in [6.07, 6.45) is 29.8. The lowest BCUT2D eigenvalue weighted by Gasteiger charge is -2.26. The molecule has 2 unspecified atom stereocenters. The Morgan fingerprint density at radius 1 is 0.676 bits per heavy atom. The lowest BCUT2D eigenvalue weighted by molar-refractivity contribution is 0.390. The number of unbranched alkanes of at least 4 members (excludes halogenated alkanes) is 15. The molecule has 1 aromatic carbocycles. The highest BCUT2D eigenvalue weighted by Crippen LogP contribution is 2.36. The van der Waals surface area contributed by atoms with Gasteiger partial charge in [0.05, 0.1) is 9.65 Å². The van der Waals surface area contributed by atoms with Crippen molar-refractivity contribution in [2.24, 2.45) is 0 Å². The van der Waals surface area contributed by atoms with E-state index in [9.17, 15) is 0 Å². The van der Waals surface area contributed by atoms with Crippen LogP contribution in [0.3, 0.4) is 0 Å². The van der Waals surface area contributed by atoms with E-state index in [2.05, 4.69) is 92.4 Å². The molecule has 0 spiro atoms. The van der Waals surface area contributed by atoms with E-state index in [-0.39, 0.29) is 4.83 Å². The fourth-order valence-corrected chi connectivity index (χ4v) is 6.01. The zero-order valence-electron chi connectivity index (χ0n) is 21.7. The Balaban J connectivity index is 1.40. The predicted molar refractivity (Wildman–Crippen MR) is 159 cm³/mol. The van der Waals surface area contributed by atoms with Crippen LogP contribution >= 0.6 is 31.9 Å². The van der Waals surface area contributed by atoms with Crippen LogP contribution in [-0.2, 0) is 0 Å². The first-order valence-corrected chi connectivity index (χ1v) is 16.0. The Labute approximate surface area is 228 Å². The average molecular weight is 596 g/mol. The number of nitrogens with zero attached hydrogens (tertiary/aromatic N) is 1. The van der Waals surface area contributed by atoms with Crippen molar-refractivity contribution in [2.45, 2.75) is 119 Å². The van der Waals surface area contributed by atoms with Gasteiger partial charge in [-0.25, -0.2) is 0 Å². The molecule has 0 aliphatic carbocycles. The molecule has 34 heavy (non-hydrogen) atoms. The number of alkyl halides is 2. The van der Waals surface area contributed by atoms with Gasteiger partial charge in [-0.1, -0.05) is 172 Å². The minimum atomic E-state index is 0.288. The molecule has 0 radical (unpaired) electrons. The van der Waals surface area contributed by atoms with Gasteiger partial charge in [0.15, 0.2) is 0 Å². The second-order valence-electron chi connectivity index (χ2n) is 10.0. The monoisotopic (exact) mass is 593 g/mol. The highest BCUT2D eigenvalue weighted by Gasteiger charge is 2.21. The van der Waals surface area contributed by atoms with Crippen molar-refractivity contribution in [1.82, 2.24) is 4.90 Å². The first-order valence-electron chi connectivity index (χ1n) is 14.2. The summed E-state index contributed by atoms with van der Waals surface area (Å²) in [6, 6.07) is 10.7. The van der Waals surface area contributed by atoms with Gasteiger partial charge in [-0.3, -0.25) is 0 Å². The van der Waals surface area contributed by atoms with Crippen LogP contribution in [0, 0.1) is 0 Å². The number of rotatable bonds is 20. The Kier molecular flexibility index (Phi) is 17.1. The van der Waals surface area contributed by atoms with E-state index in [1.54, 1.807) is 0 Å². The minimum absolute atomic E-state index is 0.288. The fraction of sp³-hybridized carbons (Fsp3) is 0.677. The van der Waals surface area contributed by atoms with Crippen molar-refractivity contribution in [3.63, 3.8) is 0 Å². The lowest BCUT2D eigenvalue weighted by atomic mass is 10.0. The van der Waals surface area contributed by atoms with Gasteiger partial charge in [-0.05, 0) is 29.8 Å². The Morgan fingerprint density at radius 2 is 1.18 bits per heavy atom. The van der Waals surface area contributed by atoms with Crippen LogP contribution in [0.4, 0.5) is 0 Å². The molecule has 192 valence electrons. The second-order valence-corrected chi connectivity index (χ2v) is 12.0. The summed E-state index contributed by atoms with van der Waals surface area (Å²) in [5.74, 6) is 0. The van der Waals surface area contributed by atoms with Crippen molar-refractivity contribution in [1.29, 1.82) is 0 Å². The zero-order valence-corrected chi connectivity index (χ0v) is 24.9. The van der Waals surface area contributed by atoms with Crippen LogP contribution in [0.1, 0.15) is 120 Å². The normalized spacial score (nSPS) is 15.4. The van der Waals surface area contributed by atoms with Gasteiger partial charge in [-0.15, -0.1) is 0 Å². The first kappa shape index (κ1) is 29.7. The molecule has 0 N–H and O–H groups in total. The summed E-state index contributed by atoms with van der Waals surface area (Å²) in [5.41, 5.74) is 2.68. The van der Waals surface area contributed by atoms with Crippen LogP contribution in [0.25, 0.3) is 0 Å². The van der Waals surface area contributed by atoms with Gasteiger partial charge in [0.25, 0.3) is 0 Å². The first-order chi connectivity index (χ1) is 16.7. The van der Waals surface area contributed by atoms with Crippen molar-refractivity contribution < 1.29 is 0 Å². The predicted octanol–water partition coefficient (Wildman–Crippen LogP) is 10.9. The molecule has 0 saturated carbocycles. The van der Waals surface area contributed by atoms with E-state index in [0.29, 0.717) is 4.83 Å². The standard InChI is InChI=1S/C31H49Br2N/c1-2-3-4-5-6-7-8-9-10-11-12-13-14-15-16-20-25-34-26-23-29(24-27-34)31(33)30(32)28-21-18-17-19-22-28/h17-19,21-24,26,30-31H,2-16,20,25,27H2,1H3. The van der Waals surface area contributed by atoms with E-state index in [1.807, 2.05) is 0 Å².